The van der Waals surface area contributed by atoms with Crippen molar-refractivity contribution in [3.63, 3.8) is 0 Å². The second-order valence-corrected chi connectivity index (χ2v) is 2.46. The molecule has 1 aromatic heterocycles. The molecule has 0 saturated carbocycles. The summed E-state index contributed by atoms with van der Waals surface area (Å²) in [4.78, 5) is 13.6. The van der Waals surface area contributed by atoms with Gasteiger partial charge in [-0.2, -0.15) is 0 Å². The number of H-pyrrole nitrogens is 1. The molecule has 4 heteroatoms. The van der Waals surface area contributed by atoms with Crippen molar-refractivity contribution in [1.29, 1.82) is 0 Å². The maximum Gasteiger partial charge on any atom is 0.335 e. The zero-order chi connectivity index (χ0) is 8.97. The molecule has 12 heavy (non-hydrogen) atoms. The highest BCUT2D eigenvalue weighted by Crippen LogP contribution is 2.02. The molecule has 0 aliphatic heterocycles. The van der Waals surface area contributed by atoms with Crippen molar-refractivity contribution in [3.05, 3.63) is 24.0 Å². The van der Waals surface area contributed by atoms with Gasteiger partial charge in [-0.15, -0.1) is 0 Å². The van der Waals surface area contributed by atoms with Crippen LogP contribution < -0.4 is 0 Å². The van der Waals surface area contributed by atoms with Gasteiger partial charge in [0, 0.05) is 18.8 Å². The van der Waals surface area contributed by atoms with Gasteiger partial charge in [0.05, 0.1) is 7.11 Å². The van der Waals surface area contributed by atoms with Crippen LogP contribution in [0.15, 0.2) is 18.5 Å². The Morgan fingerprint density at radius 2 is 2.58 bits per heavy atom. The van der Waals surface area contributed by atoms with Gasteiger partial charge in [0.25, 0.3) is 0 Å². The highest BCUT2D eigenvalue weighted by molar-refractivity contribution is 5.74. The van der Waals surface area contributed by atoms with Gasteiger partial charge in [0.1, 0.15) is 0 Å². The van der Waals surface area contributed by atoms with Crippen LogP contribution in [0.3, 0.4) is 0 Å². The number of methoxy groups -OCH3 is 1. The lowest BCUT2D eigenvalue weighted by Gasteiger charge is -2.05. The molecule has 0 amide bonds. The van der Waals surface area contributed by atoms with Gasteiger partial charge in [-0.25, -0.2) is 4.79 Å². The number of hydrogen-bond acceptors (Lipinski definition) is 3. The monoisotopic (exact) mass is 169 g/mol. The molecule has 0 radical (unpaired) electrons. The van der Waals surface area contributed by atoms with Crippen LogP contribution in [0.2, 0.25) is 0 Å². The minimum atomic E-state index is -1.06. The van der Waals surface area contributed by atoms with Crippen LogP contribution in [0.4, 0.5) is 0 Å². The molecule has 0 bridgehead atoms. The van der Waals surface area contributed by atoms with Crippen LogP contribution in [0, 0.1) is 0 Å². The summed E-state index contributed by atoms with van der Waals surface area (Å²) < 4.78 is 4.36. The Morgan fingerprint density at radius 1 is 1.83 bits per heavy atom. The molecule has 1 heterocycles. The van der Waals surface area contributed by atoms with Crippen molar-refractivity contribution in [2.45, 2.75) is 12.5 Å². The molecule has 0 saturated heterocycles. The Labute approximate surface area is 70.2 Å². The normalized spacial score (nSPS) is 12.5. The van der Waals surface area contributed by atoms with Gasteiger partial charge >= 0.3 is 5.97 Å². The fraction of sp³-hybridized carbons (Fsp3) is 0.375. The number of ether oxygens (including phenoxy) is 1. The molecule has 1 atom stereocenters. The summed E-state index contributed by atoms with van der Waals surface area (Å²) >= 11 is 0. The lowest BCUT2D eigenvalue weighted by molar-refractivity contribution is -0.150. The van der Waals surface area contributed by atoms with Gasteiger partial charge < -0.3 is 14.8 Å². The first kappa shape index (κ1) is 8.80. The fourth-order valence-corrected chi connectivity index (χ4v) is 0.928. The predicted molar refractivity (Wildman–Crippen MR) is 42.5 cm³/mol. The zero-order valence-corrected chi connectivity index (χ0v) is 6.78. The summed E-state index contributed by atoms with van der Waals surface area (Å²) in [5.41, 5.74) is 0.882. The third-order valence-corrected chi connectivity index (χ3v) is 1.56. The third-order valence-electron chi connectivity index (χ3n) is 1.56. The maximum absolute atomic E-state index is 10.8. The van der Waals surface area contributed by atoms with Crippen molar-refractivity contribution in [3.8, 4) is 0 Å². The standard InChI is InChI=1S/C8H11NO3/c1-12-8(11)7(10)4-6-2-3-9-5-6/h2-3,5,7,9-10H,4H2,1H3. The van der Waals surface area contributed by atoms with E-state index in [9.17, 15) is 9.90 Å². The first-order valence-corrected chi connectivity index (χ1v) is 3.61. The minimum absolute atomic E-state index is 0.288. The van der Waals surface area contributed by atoms with Crippen LogP contribution >= 0.6 is 0 Å². The predicted octanol–water partition coefficient (Wildman–Crippen LogP) is 0.0911. The van der Waals surface area contributed by atoms with Gasteiger partial charge in [0.2, 0.25) is 0 Å². The number of aromatic amines is 1. The molecule has 0 spiro atoms. The Bertz CT molecular complexity index is 243. The summed E-state index contributed by atoms with van der Waals surface area (Å²) in [5, 5.41) is 9.20. The van der Waals surface area contributed by atoms with E-state index in [1.54, 1.807) is 18.5 Å². The lowest BCUT2D eigenvalue weighted by atomic mass is 10.1. The van der Waals surface area contributed by atoms with E-state index < -0.39 is 12.1 Å². The van der Waals surface area contributed by atoms with Crippen LogP contribution in [0.5, 0.6) is 0 Å². The molecule has 1 unspecified atom stereocenters. The summed E-state index contributed by atoms with van der Waals surface area (Å²) in [7, 11) is 1.25. The Hall–Kier alpha value is -1.29. The van der Waals surface area contributed by atoms with E-state index in [-0.39, 0.29) is 6.42 Å². The van der Waals surface area contributed by atoms with Crippen LogP contribution in [-0.2, 0) is 16.0 Å². The number of aromatic nitrogens is 1. The van der Waals surface area contributed by atoms with Crippen molar-refractivity contribution in [2.75, 3.05) is 7.11 Å². The Morgan fingerprint density at radius 3 is 3.08 bits per heavy atom. The zero-order valence-electron chi connectivity index (χ0n) is 6.78. The average molecular weight is 169 g/mol. The van der Waals surface area contributed by atoms with E-state index in [2.05, 4.69) is 9.72 Å². The number of esters is 1. The molecule has 0 fully saturated rings. The van der Waals surface area contributed by atoms with Gasteiger partial charge in [-0.1, -0.05) is 0 Å². The molecule has 1 aromatic rings. The second-order valence-electron chi connectivity index (χ2n) is 2.46. The van der Waals surface area contributed by atoms with Crippen LogP contribution in [0.25, 0.3) is 0 Å². The van der Waals surface area contributed by atoms with Crippen molar-refractivity contribution >= 4 is 5.97 Å². The molecule has 0 aliphatic carbocycles. The highest BCUT2D eigenvalue weighted by Gasteiger charge is 2.15. The quantitative estimate of drug-likeness (QED) is 0.630. The number of hydrogen-bond donors (Lipinski definition) is 2. The molecule has 0 aromatic carbocycles. The first-order chi connectivity index (χ1) is 5.74. The molecule has 0 aliphatic rings. The maximum atomic E-state index is 10.8. The van der Waals surface area contributed by atoms with Gasteiger partial charge in [0.15, 0.2) is 6.10 Å². The minimum Gasteiger partial charge on any atom is -0.467 e. The first-order valence-electron chi connectivity index (χ1n) is 3.61. The summed E-state index contributed by atoms with van der Waals surface area (Å²) in [5.74, 6) is -0.601. The van der Waals surface area contributed by atoms with E-state index in [1.807, 2.05) is 0 Å². The van der Waals surface area contributed by atoms with Crippen molar-refractivity contribution < 1.29 is 14.6 Å². The number of aliphatic hydroxyl groups is 1. The smallest absolute Gasteiger partial charge is 0.335 e. The summed E-state index contributed by atoms with van der Waals surface area (Å²) in [6, 6.07) is 1.80. The van der Waals surface area contributed by atoms with E-state index in [1.165, 1.54) is 7.11 Å². The SMILES string of the molecule is COC(=O)C(O)Cc1cc[nH]c1. The summed E-state index contributed by atoms with van der Waals surface area (Å²) in [6.45, 7) is 0. The van der Waals surface area contributed by atoms with Crippen LogP contribution in [0.1, 0.15) is 5.56 Å². The van der Waals surface area contributed by atoms with Gasteiger partial charge in [-0.05, 0) is 11.6 Å². The largest absolute Gasteiger partial charge is 0.467 e. The molecule has 2 N–H and O–H groups in total. The number of nitrogens with one attached hydrogen (secondary N) is 1. The molecule has 66 valence electrons. The van der Waals surface area contributed by atoms with Crippen LogP contribution in [-0.4, -0.2) is 29.3 Å². The average Bonchev–Trinajstić information content (AvgIpc) is 2.55. The number of carbonyl (C=O) groups excluding carboxylic acids is 1. The second kappa shape index (κ2) is 3.92. The Kier molecular flexibility index (Phi) is 2.88. The van der Waals surface area contributed by atoms with Gasteiger partial charge in [-0.3, -0.25) is 0 Å². The topological polar surface area (TPSA) is 62.3 Å². The number of aliphatic hydroxyl groups excluding tert-OH is 1. The molecule has 4 nitrogen and oxygen atoms in total. The Balaban J connectivity index is 2.47. The third kappa shape index (κ3) is 2.10. The number of rotatable bonds is 3. The highest BCUT2D eigenvalue weighted by atomic mass is 16.5. The summed E-state index contributed by atoms with van der Waals surface area (Å²) in [6.07, 6.45) is 2.69. The van der Waals surface area contributed by atoms with Crippen molar-refractivity contribution in [1.82, 2.24) is 4.98 Å². The van der Waals surface area contributed by atoms with E-state index in [4.69, 9.17) is 0 Å². The molecular weight excluding hydrogens is 158 g/mol. The van der Waals surface area contributed by atoms with E-state index in [0.717, 1.165) is 5.56 Å². The lowest BCUT2D eigenvalue weighted by Crippen LogP contribution is -2.23. The van der Waals surface area contributed by atoms with E-state index in [0.29, 0.717) is 0 Å². The van der Waals surface area contributed by atoms with E-state index >= 15 is 0 Å². The molecule has 1 rings (SSSR count). The fourth-order valence-electron chi connectivity index (χ4n) is 0.928. The van der Waals surface area contributed by atoms with Crippen molar-refractivity contribution in [2.24, 2.45) is 0 Å². The number of carbonyl (C=O) groups is 1. The molecular formula is C8H11NO3.